The van der Waals surface area contributed by atoms with E-state index in [4.69, 9.17) is 15.6 Å². The van der Waals surface area contributed by atoms with Gasteiger partial charge in [-0.3, -0.25) is 5.41 Å². The van der Waals surface area contributed by atoms with Crippen molar-refractivity contribution in [3.05, 3.63) is 108 Å². The molecule has 0 saturated carbocycles. The van der Waals surface area contributed by atoms with E-state index in [0.29, 0.717) is 11.4 Å². The van der Waals surface area contributed by atoms with Crippen LogP contribution in [0.1, 0.15) is 11.1 Å². The van der Waals surface area contributed by atoms with Gasteiger partial charge in [0.25, 0.3) is 0 Å². The van der Waals surface area contributed by atoms with Crippen LogP contribution in [0, 0.1) is 5.41 Å². The van der Waals surface area contributed by atoms with Gasteiger partial charge in [0.05, 0.1) is 0 Å². The molecule has 0 atom stereocenters. The molecule has 5 aromatic carbocycles. The summed E-state index contributed by atoms with van der Waals surface area (Å²) in [6, 6.07) is 32.5. The van der Waals surface area contributed by atoms with E-state index in [1.165, 1.54) is 33.0 Å². The molecule has 6 aromatic rings. The second-order valence-corrected chi connectivity index (χ2v) is 8.60. The summed E-state index contributed by atoms with van der Waals surface area (Å²) in [5, 5.41) is 13.1. The second-order valence-electron chi connectivity index (χ2n) is 8.60. The van der Waals surface area contributed by atoms with Gasteiger partial charge in [-0.2, -0.15) is 0 Å². The van der Waals surface area contributed by atoms with Gasteiger partial charge in [-0.25, -0.2) is 4.99 Å². The molecule has 3 N–H and O–H groups in total. The molecule has 4 nitrogen and oxygen atoms in total. The van der Waals surface area contributed by atoms with Crippen LogP contribution in [-0.2, 0) is 0 Å². The number of benzene rings is 5. The van der Waals surface area contributed by atoms with Gasteiger partial charge in [-0.05, 0) is 51.2 Å². The van der Waals surface area contributed by atoms with Crippen LogP contribution in [0.2, 0.25) is 0 Å². The summed E-state index contributed by atoms with van der Waals surface area (Å²) in [4.78, 5) is 4.32. The lowest BCUT2D eigenvalue weighted by molar-refractivity contribution is 0.669. The van der Waals surface area contributed by atoms with Crippen LogP contribution in [0.5, 0.6) is 0 Å². The minimum absolute atomic E-state index is 0.103. The minimum atomic E-state index is 0.103. The molecular formula is C30H19N3O. The maximum absolute atomic E-state index is 8.49. The fourth-order valence-electron chi connectivity index (χ4n) is 5.14. The third-order valence-corrected chi connectivity index (χ3v) is 6.68. The Morgan fingerprint density at radius 2 is 1.35 bits per heavy atom. The normalized spacial score (nSPS) is 12.5. The van der Waals surface area contributed by atoms with Crippen molar-refractivity contribution < 1.29 is 4.42 Å². The van der Waals surface area contributed by atoms with Crippen LogP contribution in [-0.4, -0.2) is 11.7 Å². The summed E-state index contributed by atoms with van der Waals surface area (Å²) in [6.07, 6.45) is 0. The summed E-state index contributed by atoms with van der Waals surface area (Å²) >= 11 is 0. The van der Waals surface area contributed by atoms with Gasteiger partial charge in [0.15, 0.2) is 5.84 Å². The van der Waals surface area contributed by atoms with E-state index in [2.05, 4.69) is 53.5 Å². The van der Waals surface area contributed by atoms with Crippen molar-refractivity contribution >= 4 is 44.4 Å². The zero-order valence-corrected chi connectivity index (χ0v) is 18.2. The quantitative estimate of drug-likeness (QED) is 0.223. The lowest BCUT2D eigenvalue weighted by Crippen LogP contribution is -2.15. The highest BCUT2D eigenvalue weighted by Crippen LogP contribution is 2.50. The molecule has 34 heavy (non-hydrogen) atoms. The largest absolute Gasteiger partial charge is 0.456 e. The first kappa shape index (κ1) is 18.8. The molecule has 1 aliphatic rings. The number of hydrogen-bond acceptors (Lipinski definition) is 2. The number of nitrogens with one attached hydrogen (secondary N) is 1. The summed E-state index contributed by atoms with van der Waals surface area (Å²) in [5.74, 6) is 0.422. The standard InChI is InChI=1S/C30H19N3O/c31-29(17-7-2-1-3-8-17)33-30(32)18-13-14-22-25(15-18)34-26-16-24-20-10-5-4-9-19(20)21-11-6-12-23(27(21)24)28(22)26/h1-16H,(H3,31,32,33). The summed E-state index contributed by atoms with van der Waals surface area (Å²) in [5.41, 5.74) is 14.2. The Morgan fingerprint density at radius 1 is 0.618 bits per heavy atom. The Hall–Kier alpha value is -4.70. The molecule has 160 valence electrons. The number of amidine groups is 2. The highest BCUT2D eigenvalue weighted by atomic mass is 16.3. The average molecular weight is 438 g/mol. The first-order chi connectivity index (χ1) is 16.7. The topological polar surface area (TPSA) is 75.4 Å². The number of fused-ring (bicyclic) bond motifs is 7. The second kappa shape index (κ2) is 6.90. The zero-order valence-electron chi connectivity index (χ0n) is 18.2. The van der Waals surface area contributed by atoms with Gasteiger partial charge in [-0.1, -0.05) is 78.9 Å². The Bertz CT molecular complexity index is 1830. The van der Waals surface area contributed by atoms with Crippen molar-refractivity contribution in [3.8, 4) is 22.3 Å². The van der Waals surface area contributed by atoms with E-state index < -0.39 is 0 Å². The Labute approximate surface area is 195 Å². The van der Waals surface area contributed by atoms with Crippen LogP contribution in [0.15, 0.2) is 106 Å². The maximum Gasteiger partial charge on any atom is 0.154 e. The fraction of sp³-hybridized carbons (Fsp3) is 0. The predicted octanol–water partition coefficient (Wildman–Crippen LogP) is 7.12. The lowest BCUT2D eigenvalue weighted by Gasteiger charge is -2.04. The SMILES string of the molecule is N=C(N=C(N)c1ccccc1)c1ccc2c(c1)oc1cc3c4c(cccc4c12)-c1ccccc1-3. The molecule has 7 rings (SSSR count). The van der Waals surface area contributed by atoms with E-state index >= 15 is 0 Å². The summed E-state index contributed by atoms with van der Waals surface area (Å²) in [7, 11) is 0. The molecule has 0 spiro atoms. The number of furan rings is 1. The third kappa shape index (κ3) is 2.60. The molecule has 0 aliphatic heterocycles. The minimum Gasteiger partial charge on any atom is -0.456 e. The number of hydrogen-bond donors (Lipinski definition) is 2. The van der Waals surface area contributed by atoms with Crippen LogP contribution >= 0.6 is 0 Å². The Balaban J connectivity index is 1.40. The smallest absolute Gasteiger partial charge is 0.154 e. The van der Waals surface area contributed by atoms with Crippen molar-refractivity contribution in [2.75, 3.05) is 0 Å². The molecule has 0 saturated heterocycles. The van der Waals surface area contributed by atoms with Gasteiger partial charge < -0.3 is 10.2 Å². The van der Waals surface area contributed by atoms with Crippen LogP contribution in [0.25, 0.3) is 55.0 Å². The number of aliphatic imine (C=N–C) groups is 1. The highest BCUT2D eigenvalue weighted by Gasteiger charge is 2.24. The molecule has 0 radical (unpaired) electrons. The monoisotopic (exact) mass is 437 g/mol. The fourth-order valence-corrected chi connectivity index (χ4v) is 5.14. The average Bonchev–Trinajstić information content (AvgIpc) is 3.41. The van der Waals surface area contributed by atoms with E-state index in [9.17, 15) is 0 Å². The third-order valence-electron chi connectivity index (χ3n) is 6.68. The highest BCUT2D eigenvalue weighted by molar-refractivity contribution is 6.28. The Morgan fingerprint density at radius 3 is 2.18 bits per heavy atom. The van der Waals surface area contributed by atoms with Gasteiger partial charge >= 0.3 is 0 Å². The van der Waals surface area contributed by atoms with Gasteiger partial charge in [0.2, 0.25) is 0 Å². The van der Waals surface area contributed by atoms with Gasteiger partial charge in [0.1, 0.15) is 17.0 Å². The predicted molar refractivity (Wildman–Crippen MR) is 140 cm³/mol. The van der Waals surface area contributed by atoms with Crippen molar-refractivity contribution in [3.63, 3.8) is 0 Å². The van der Waals surface area contributed by atoms with E-state index in [1.54, 1.807) is 0 Å². The molecule has 4 heteroatoms. The van der Waals surface area contributed by atoms with Gasteiger partial charge in [0, 0.05) is 21.9 Å². The van der Waals surface area contributed by atoms with E-state index in [-0.39, 0.29) is 5.84 Å². The van der Waals surface area contributed by atoms with Crippen molar-refractivity contribution in [2.24, 2.45) is 10.7 Å². The zero-order chi connectivity index (χ0) is 22.8. The van der Waals surface area contributed by atoms with E-state index in [1.807, 2.05) is 48.5 Å². The van der Waals surface area contributed by atoms with E-state index in [0.717, 1.165) is 27.5 Å². The molecular weight excluding hydrogens is 418 g/mol. The Kier molecular flexibility index (Phi) is 3.82. The molecule has 1 aliphatic carbocycles. The summed E-state index contributed by atoms with van der Waals surface area (Å²) < 4.78 is 6.35. The first-order valence-corrected chi connectivity index (χ1v) is 11.2. The molecule has 0 fully saturated rings. The summed E-state index contributed by atoms with van der Waals surface area (Å²) in [6.45, 7) is 0. The van der Waals surface area contributed by atoms with Crippen LogP contribution in [0.3, 0.4) is 0 Å². The molecule has 1 aromatic heterocycles. The van der Waals surface area contributed by atoms with Crippen molar-refractivity contribution in [1.82, 2.24) is 0 Å². The molecule has 1 heterocycles. The van der Waals surface area contributed by atoms with Crippen molar-refractivity contribution in [2.45, 2.75) is 0 Å². The van der Waals surface area contributed by atoms with Crippen LogP contribution in [0.4, 0.5) is 0 Å². The lowest BCUT2D eigenvalue weighted by atomic mass is 9.98. The number of nitrogens with two attached hydrogens (primary N) is 1. The number of nitrogens with zero attached hydrogens (tertiary/aromatic N) is 1. The van der Waals surface area contributed by atoms with Crippen molar-refractivity contribution in [1.29, 1.82) is 5.41 Å². The van der Waals surface area contributed by atoms with Gasteiger partial charge in [-0.15, -0.1) is 0 Å². The number of rotatable bonds is 2. The first-order valence-electron chi connectivity index (χ1n) is 11.2. The van der Waals surface area contributed by atoms with Crippen LogP contribution < -0.4 is 5.73 Å². The molecule has 0 amide bonds. The maximum atomic E-state index is 8.49. The molecule has 0 unspecified atom stereocenters. The molecule has 0 bridgehead atoms.